The van der Waals surface area contributed by atoms with E-state index in [4.69, 9.17) is 19.6 Å². The quantitative estimate of drug-likeness (QED) is 0.642. The molecule has 0 radical (unpaired) electrons. The summed E-state index contributed by atoms with van der Waals surface area (Å²) >= 11 is 0. The molecule has 1 aromatic carbocycles. The zero-order valence-corrected chi connectivity index (χ0v) is 15.3. The van der Waals surface area contributed by atoms with Gasteiger partial charge in [-0.25, -0.2) is 14.2 Å². The molecule has 0 aliphatic carbocycles. The molecule has 0 fully saturated rings. The summed E-state index contributed by atoms with van der Waals surface area (Å²) < 4.78 is 28.8. The average molecular weight is 387 g/mol. The number of furan rings is 1. The molecule has 2 aromatic heterocycles. The lowest BCUT2D eigenvalue weighted by atomic mass is 10.1. The number of nitrogens with two attached hydrogens (primary N) is 1. The predicted octanol–water partition coefficient (Wildman–Crippen LogP) is 2.72. The lowest BCUT2D eigenvalue weighted by molar-refractivity contribution is -0.144. The number of carbonyl (C=O) groups excluding carboxylic acids is 2. The van der Waals surface area contributed by atoms with Crippen molar-refractivity contribution >= 4 is 28.9 Å². The number of aromatic nitrogens is 2. The van der Waals surface area contributed by atoms with Gasteiger partial charge >= 0.3 is 11.9 Å². The van der Waals surface area contributed by atoms with Gasteiger partial charge in [0.15, 0.2) is 12.4 Å². The molecule has 3 rings (SSSR count). The molecule has 146 valence electrons. The van der Waals surface area contributed by atoms with Crippen LogP contribution >= 0.6 is 0 Å². The number of hydrogen-bond acceptors (Lipinski definition) is 8. The van der Waals surface area contributed by atoms with Gasteiger partial charge in [-0.1, -0.05) is 12.1 Å². The third-order valence-electron chi connectivity index (χ3n) is 3.88. The van der Waals surface area contributed by atoms with E-state index in [2.05, 4.69) is 9.97 Å². The van der Waals surface area contributed by atoms with Gasteiger partial charge in [0, 0.05) is 0 Å². The van der Waals surface area contributed by atoms with Crippen LogP contribution in [0.3, 0.4) is 0 Å². The Morgan fingerprint density at radius 3 is 2.75 bits per heavy atom. The minimum atomic E-state index is -0.580. The van der Waals surface area contributed by atoms with E-state index in [9.17, 15) is 14.0 Å². The first kappa shape index (κ1) is 19.3. The highest BCUT2D eigenvalue weighted by molar-refractivity contribution is 6.07. The van der Waals surface area contributed by atoms with Gasteiger partial charge in [-0.15, -0.1) is 0 Å². The Morgan fingerprint density at radius 1 is 1.25 bits per heavy atom. The number of aryl methyl sites for hydroxylation is 1. The first-order chi connectivity index (χ1) is 13.4. The smallest absolute Gasteiger partial charge is 0.342 e. The molecule has 0 bridgehead atoms. The number of carbonyl (C=O) groups is 2. The first-order valence-electron chi connectivity index (χ1n) is 8.51. The lowest BCUT2D eigenvalue weighted by Crippen LogP contribution is -2.11. The Bertz CT molecular complexity index is 1050. The molecule has 3 aromatic rings. The molecule has 28 heavy (non-hydrogen) atoms. The third kappa shape index (κ3) is 4.08. The third-order valence-corrected chi connectivity index (χ3v) is 3.88. The summed E-state index contributed by atoms with van der Waals surface area (Å²) in [5, 5.41) is 0.255. The molecule has 2 N–H and O–H groups in total. The average Bonchev–Trinajstić information content (AvgIpc) is 2.96. The molecule has 0 saturated carbocycles. The molecular weight excluding hydrogens is 369 g/mol. The Labute approximate surface area is 159 Å². The van der Waals surface area contributed by atoms with E-state index >= 15 is 0 Å². The van der Waals surface area contributed by atoms with E-state index in [-0.39, 0.29) is 47.9 Å². The largest absolute Gasteiger partial charge is 0.462 e. The molecular formula is C19H18FN3O5. The molecule has 2 heterocycles. The summed E-state index contributed by atoms with van der Waals surface area (Å²) in [6.07, 6.45) is -0.0949. The van der Waals surface area contributed by atoms with E-state index < -0.39 is 17.8 Å². The number of nitrogens with zero attached hydrogens (tertiary/aromatic N) is 2. The fourth-order valence-electron chi connectivity index (χ4n) is 2.71. The number of ether oxygens (including phenoxy) is 2. The maximum Gasteiger partial charge on any atom is 0.342 e. The summed E-state index contributed by atoms with van der Waals surface area (Å²) in [7, 11) is 0. The fraction of sp³-hybridized carbons (Fsp3) is 0.263. The predicted molar refractivity (Wildman–Crippen MR) is 96.8 cm³/mol. The van der Waals surface area contributed by atoms with Crippen molar-refractivity contribution in [3.8, 4) is 0 Å². The van der Waals surface area contributed by atoms with Crippen LogP contribution in [-0.2, 0) is 27.3 Å². The minimum Gasteiger partial charge on any atom is -0.462 e. The van der Waals surface area contributed by atoms with E-state index in [1.165, 1.54) is 18.2 Å². The Hall–Kier alpha value is -3.49. The summed E-state index contributed by atoms with van der Waals surface area (Å²) in [5.41, 5.74) is 6.71. The van der Waals surface area contributed by atoms with Crippen LogP contribution in [0.1, 0.15) is 34.4 Å². The van der Waals surface area contributed by atoms with Gasteiger partial charge < -0.3 is 19.6 Å². The molecule has 9 heteroatoms. The van der Waals surface area contributed by atoms with Gasteiger partial charge in [0.2, 0.25) is 5.71 Å². The highest BCUT2D eigenvalue weighted by Gasteiger charge is 2.24. The second-order valence-corrected chi connectivity index (χ2v) is 5.93. The van der Waals surface area contributed by atoms with Crippen LogP contribution in [0.25, 0.3) is 11.1 Å². The summed E-state index contributed by atoms with van der Waals surface area (Å²) in [4.78, 5) is 32.3. The van der Waals surface area contributed by atoms with Crippen molar-refractivity contribution in [1.82, 2.24) is 9.97 Å². The Morgan fingerprint density at radius 2 is 2.04 bits per heavy atom. The van der Waals surface area contributed by atoms with Crippen LogP contribution in [-0.4, -0.2) is 28.5 Å². The SMILES string of the molecule is CCOC(=O)c1c(C)oc2nc(COC(=O)Cc3cccc(F)c3)nc(N)c12. The van der Waals surface area contributed by atoms with Crippen molar-refractivity contribution < 1.29 is 27.9 Å². The van der Waals surface area contributed by atoms with Gasteiger partial charge in [0.05, 0.1) is 18.4 Å². The van der Waals surface area contributed by atoms with Crippen molar-refractivity contribution in [1.29, 1.82) is 0 Å². The maximum absolute atomic E-state index is 13.2. The molecule has 0 aliphatic heterocycles. The lowest BCUT2D eigenvalue weighted by Gasteiger charge is -2.06. The number of rotatable bonds is 6. The van der Waals surface area contributed by atoms with E-state index in [1.54, 1.807) is 19.9 Å². The second-order valence-electron chi connectivity index (χ2n) is 5.93. The van der Waals surface area contributed by atoms with Gasteiger partial charge in [0.1, 0.15) is 23.0 Å². The van der Waals surface area contributed by atoms with Crippen LogP contribution in [0, 0.1) is 12.7 Å². The molecule has 0 saturated heterocycles. The van der Waals surface area contributed by atoms with Crippen LogP contribution in [0.15, 0.2) is 28.7 Å². The number of hydrogen-bond donors (Lipinski definition) is 1. The van der Waals surface area contributed by atoms with Crippen molar-refractivity contribution in [2.24, 2.45) is 0 Å². The number of halogens is 1. The minimum absolute atomic E-state index is 0.0149. The number of esters is 2. The summed E-state index contributed by atoms with van der Waals surface area (Å²) in [5.74, 6) is -1.16. The van der Waals surface area contributed by atoms with E-state index in [0.29, 0.717) is 11.3 Å². The highest BCUT2D eigenvalue weighted by atomic mass is 19.1. The number of anilines is 1. The van der Waals surface area contributed by atoms with Crippen LogP contribution in [0.4, 0.5) is 10.2 Å². The van der Waals surface area contributed by atoms with Crippen molar-refractivity contribution in [2.45, 2.75) is 26.9 Å². The van der Waals surface area contributed by atoms with Crippen LogP contribution in [0.2, 0.25) is 0 Å². The first-order valence-corrected chi connectivity index (χ1v) is 8.51. The molecule has 0 aliphatic rings. The van der Waals surface area contributed by atoms with Gasteiger partial charge in [-0.2, -0.15) is 4.98 Å². The van der Waals surface area contributed by atoms with Crippen LogP contribution in [0.5, 0.6) is 0 Å². The standard InChI is InChI=1S/C19H18FN3O5/c1-3-26-19(25)15-10(2)28-18-16(15)17(21)22-13(23-18)9-27-14(24)8-11-5-4-6-12(20)7-11/h4-7H,3,8-9H2,1-2H3,(H2,21,22,23). The zero-order chi connectivity index (χ0) is 20.3. The van der Waals surface area contributed by atoms with Crippen LogP contribution < -0.4 is 5.73 Å². The summed E-state index contributed by atoms with van der Waals surface area (Å²) in [6, 6.07) is 5.67. The number of nitrogen functional groups attached to an aromatic ring is 1. The van der Waals surface area contributed by atoms with Crippen molar-refractivity contribution in [3.63, 3.8) is 0 Å². The summed E-state index contributed by atoms with van der Waals surface area (Å²) in [6.45, 7) is 3.23. The van der Waals surface area contributed by atoms with Gasteiger partial charge in [0.25, 0.3) is 0 Å². The Kier molecular flexibility index (Phi) is 5.53. The Balaban J connectivity index is 1.75. The maximum atomic E-state index is 13.2. The highest BCUT2D eigenvalue weighted by Crippen LogP contribution is 2.29. The monoisotopic (exact) mass is 387 g/mol. The topological polar surface area (TPSA) is 118 Å². The molecule has 0 atom stereocenters. The van der Waals surface area contributed by atoms with E-state index in [1.807, 2.05) is 0 Å². The normalized spacial score (nSPS) is 10.8. The number of benzene rings is 1. The van der Waals surface area contributed by atoms with Crippen molar-refractivity contribution in [2.75, 3.05) is 12.3 Å². The molecule has 8 nitrogen and oxygen atoms in total. The second kappa shape index (κ2) is 8.03. The van der Waals surface area contributed by atoms with Crippen molar-refractivity contribution in [3.05, 3.63) is 52.8 Å². The van der Waals surface area contributed by atoms with Gasteiger partial charge in [-0.05, 0) is 31.5 Å². The zero-order valence-electron chi connectivity index (χ0n) is 15.3. The molecule has 0 unspecified atom stereocenters. The van der Waals surface area contributed by atoms with Gasteiger partial charge in [-0.3, -0.25) is 4.79 Å². The molecule has 0 amide bonds. The molecule has 0 spiro atoms. The van der Waals surface area contributed by atoms with E-state index in [0.717, 1.165) is 0 Å². The number of fused-ring (bicyclic) bond motifs is 1. The fourth-order valence-corrected chi connectivity index (χ4v) is 2.71.